The van der Waals surface area contributed by atoms with E-state index in [1.807, 2.05) is 41.5 Å². The fraction of sp³-hybridized carbons (Fsp3) is 0.833. The second-order valence-electron chi connectivity index (χ2n) is 5.61. The molecule has 0 amide bonds. The summed E-state index contributed by atoms with van der Waals surface area (Å²) in [5.41, 5.74) is -0.278. The largest absolute Gasteiger partial charge is 3.00 e. The summed E-state index contributed by atoms with van der Waals surface area (Å²) in [5.74, 6) is 0.486. The van der Waals surface area contributed by atoms with Crippen molar-refractivity contribution < 1.29 is 29.7 Å². The Bertz CT molecular complexity index is 183. The first-order chi connectivity index (χ1) is 5.89. The van der Waals surface area contributed by atoms with E-state index in [1.165, 1.54) is 0 Å². The van der Waals surface area contributed by atoms with E-state index in [-0.39, 0.29) is 42.5 Å². The molecule has 2 nitrogen and oxygen atoms in total. The van der Waals surface area contributed by atoms with E-state index < -0.39 is 0 Å². The predicted octanol–water partition coefficient (Wildman–Crippen LogP) is 3.24. The minimum Gasteiger partial charge on any atom is -0.299 e. The van der Waals surface area contributed by atoms with E-state index in [0.717, 1.165) is 0 Å². The molecule has 0 fully saturated rings. The van der Waals surface area contributed by atoms with Crippen LogP contribution in [0.25, 0.3) is 0 Å². The van der Waals surface area contributed by atoms with Gasteiger partial charge in [-0.2, -0.15) is 0 Å². The summed E-state index contributed by atoms with van der Waals surface area (Å²) in [5, 5.41) is 0. The summed E-state index contributed by atoms with van der Waals surface area (Å²) >= 11 is 0. The van der Waals surface area contributed by atoms with Gasteiger partial charge in [-0.3, -0.25) is 9.59 Å². The third kappa shape index (κ3) is 14.0. The summed E-state index contributed by atoms with van der Waals surface area (Å²) in [4.78, 5) is 20.9. The van der Waals surface area contributed by atoms with Crippen molar-refractivity contribution in [3.8, 4) is 0 Å². The van der Waals surface area contributed by atoms with Gasteiger partial charge in [-0.25, -0.2) is 0 Å². The van der Waals surface area contributed by atoms with Crippen LogP contribution in [0, 0.1) is 10.8 Å². The van der Waals surface area contributed by atoms with Gasteiger partial charge in [-0.15, -0.1) is 0 Å². The number of Topliss-reactive ketones (excluding diaryl/α,β-unsaturated/α-hetero) is 2. The molecule has 0 aromatic heterocycles. The van der Waals surface area contributed by atoms with Crippen LogP contribution >= 0.6 is 0 Å². The monoisotopic (exact) mass is 393 g/mol. The number of hydrogen-bond acceptors (Lipinski definition) is 2. The molecule has 0 aromatic rings. The van der Waals surface area contributed by atoms with Gasteiger partial charge in [0.05, 0.1) is 0 Å². The number of ketones is 2. The Kier molecular flexibility index (Phi) is 9.92. The van der Waals surface area contributed by atoms with Crippen molar-refractivity contribution in [3.05, 3.63) is 0 Å². The molecule has 0 saturated carbocycles. The maximum Gasteiger partial charge on any atom is 3.00 e. The Balaban J connectivity index is -0.000000180. The molecular weight excluding hydrogens is 368 g/mol. The van der Waals surface area contributed by atoms with Gasteiger partial charge in [-0.05, 0) is 13.8 Å². The van der Waals surface area contributed by atoms with Gasteiger partial charge >= 0.3 is 20.1 Å². The molecule has 0 aliphatic rings. The van der Waals surface area contributed by atoms with Crippen molar-refractivity contribution >= 4 is 11.6 Å². The molecule has 0 aliphatic heterocycles. The van der Waals surface area contributed by atoms with E-state index >= 15 is 0 Å². The molecule has 0 radical (unpaired) electrons. The molecule has 15 heavy (non-hydrogen) atoms. The zero-order valence-corrected chi connectivity index (χ0v) is 13.5. The van der Waals surface area contributed by atoms with Crippen LogP contribution in [0.15, 0.2) is 0 Å². The number of rotatable bonds is 0. The standard InChI is InChI=1S/2C6H12O.Ir/c2*1-5(7)6(2,3)4;/h2*1-4H3;/q;;+3. The Labute approximate surface area is 108 Å². The van der Waals surface area contributed by atoms with Crippen LogP contribution in [0.5, 0.6) is 0 Å². The molecule has 0 rings (SSSR count). The average Bonchev–Trinajstić information content (AvgIpc) is 1.83. The van der Waals surface area contributed by atoms with Gasteiger partial charge in [0.2, 0.25) is 0 Å². The summed E-state index contributed by atoms with van der Waals surface area (Å²) in [6.45, 7) is 14.7. The van der Waals surface area contributed by atoms with Crippen molar-refractivity contribution in [2.24, 2.45) is 10.8 Å². The molecule has 0 unspecified atom stereocenters. The maximum absolute atomic E-state index is 10.5. The molecule has 90 valence electrons. The van der Waals surface area contributed by atoms with Gasteiger partial charge in [0.25, 0.3) is 0 Å². The predicted molar refractivity (Wildman–Crippen MR) is 60.3 cm³/mol. The first-order valence-electron chi connectivity index (χ1n) is 4.91. The van der Waals surface area contributed by atoms with Crippen molar-refractivity contribution in [3.63, 3.8) is 0 Å². The van der Waals surface area contributed by atoms with Gasteiger partial charge in [0.15, 0.2) is 0 Å². The number of carbonyl (C=O) groups excluding carboxylic acids is 2. The van der Waals surface area contributed by atoms with Crippen LogP contribution in [0.1, 0.15) is 55.4 Å². The van der Waals surface area contributed by atoms with E-state index in [0.29, 0.717) is 0 Å². The van der Waals surface area contributed by atoms with Crippen LogP contribution in [0.2, 0.25) is 0 Å². The van der Waals surface area contributed by atoms with Crippen LogP contribution in [0.3, 0.4) is 0 Å². The van der Waals surface area contributed by atoms with Crippen LogP contribution in [-0.4, -0.2) is 11.6 Å². The summed E-state index contributed by atoms with van der Waals surface area (Å²) in [6.07, 6.45) is 0. The topological polar surface area (TPSA) is 34.1 Å². The van der Waals surface area contributed by atoms with Gasteiger partial charge in [0, 0.05) is 10.8 Å². The molecular formula is C12H24IrO2+3. The number of carbonyl (C=O) groups is 2. The van der Waals surface area contributed by atoms with E-state index in [1.54, 1.807) is 13.8 Å². The smallest absolute Gasteiger partial charge is 0.299 e. The molecule has 3 heteroatoms. The van der Waals surface area contributed by atoms with Crippen molar-refractivity contribution in [2.75, 3.05) is 0 Å². The van der Waals surface area contributed by atoms with Gasteiger partial charge in [0.1, 0.15) is 11.6 Å². The van der Waals surface area contributed by atoms with Crippen LogP contribution in [-0.2, 0) is 29.7 Å². The number of hydrogen-bond donors (Lipinski definition) is 0. The summed E-state index contributed by atoms with van der Waals surface area (Å²) < 4.78 is 0. The van der Waals surface area contributed by atoms with E-state index in [2.05, 4.69) is 0 Å². The van der Waals surface area contributed by atoms with Crippen molar-refractivity contribution in [1.82, 2.24) is 0 Å². The zero-order valence-electron chi connectivity index (χ0n) is 11.1. The van der Waals surface area contributed by atoms with E-state index in [4.69, 9.17) is 0 Å². The molecule has 0 spiro atoms. The Morgan fingerprint density at radius 1 is 0.667 bits per heavy atom. The van der Waals surface area contributed by atoms with Crippen LogP contribution < -0.4 is 0 Å². The first kappa shape index (κ1) is 20.4. The molecule has 0 bridgehead atoms. The normalized spacial score (nSPS) is 10.7. The second-order valence-corrected chi connectivity index (χ2v) is 5.61. The maximum atomic E-state index is 10.5. The molecule has 0 heterocycles. The minimum absolute atomic E-state index is 0. The zero-order chi connectivity index (χ0) is 12.2. The van der Waals surface area contributed by atoms with Crippen molar-refractivity contribution in [2.45, 2.75) is 55.4 Å². The quantitative estimate of drug-likeness (QED) is 0.634. The molecule has 0 N–H and O–H groups in total. The molecule has 0 aromatic carbocycles. The minimum atomic E-state index is -0.139. The molecule has 0 saturated heterocycles. The summed E-state index contributed by atoms with van der Waals surface area (Å²) in [6, 6.07) is 0. The van der Waals surface area contributed by atoms with Crippen molar-refractivity contribution in [1.29, 1.82) is 0 Å². The third-order valence-corrected chi connectivity index (χ3v) is 2.11. The second kappa shape index (κ2) is 7.29. The molecule has 0 aliphatic carbocycles. The SMILES string of the molecule is CC(=O)C(C)(C)C.CC(=O)C(C)(C)C.[Ir+3]. The Hall–Kier alpha value is -0.0106. The van der Waals surface area contributed by atoms with E-state index in [9.17, 15) is 9.59 Å². The average molecular weight is 393 g/mol. The summed E-state index contributed by atoms with van der Waals surface area (Å²) in [7, 11) is 0. The first-order valence-corrected chi connectivity index (χ1v) is 4.91. The fourth-order valence-electron chi connectivity index (χ4n) is 0. The van der Waals surface area contributed by atoms with Gasteiger partial charge < -0.3 is 0 Å². The van der Waals surface area contributed by atoms with Gasteiger partial charge in [-0.1, -0.05) is 41.5 Å². The fourth-order valence-corrected chi connectivity index (χ4v) is 0. The third-order valence-electron chi connectivity index (χ3n) is 2.11. The molecule has 0 atom stereocenters. The van der Waals surface area contributed by atoms with Crippen LogP contribution in [0.4, 0.5) is 0 Å². The Morgan fingerprint density at radius 3 is 0.733 bits per heavy atom. The Morgan fingerprint density at radius 2 is 0.733 bits per heavy atom.